The van der Waals surface area contributed by atoms with E-state index < -0.39 is 0 Å². The molecule has 3 nitrogen and oxygen atoms in total. The van der Waals surface area contributed by atoms with Crippen LogP contribution in [-0.4, -0.2) is 24.5 Å². The SMILES string of the molecule is COCCCSc1cc(C)nc(C)c1C#N. The van der Waals surface area contributed by atoms with Crippen molar-refractivity contribution in [1.82, 2.24) is 4.98 Å². The van der Waals surface area contributed by atoms with Crippen LogP contribution in [0.3, 0.4) is 0 Å². The number of aromatic nitrogens is 1. The summed E-state index contributed by atoms with van der Waals surface area (Å²) in [6.07, 6.45) is 0.993. The zero-order valence-electron chi connectivity index (χ0n) is 9.91. The van der Waals surface area contributed by atoms with Crippen LogP contribution in [0.1, 0.15) is 23.4 Å². The summed E-state index contributed by atoms with van der Waals surface area (Å²) in [5, 5.41) is 9.06. The summed E-state index contributed by atoms with van der Waals surface area (Å²) in [5.41, 5.74) is 2.48. The maximum Gasteiger partial charge on any atom is 0.102 e. The minimum absolute atomic E-state index is 0.702. The molecule has 0 radical (unpaired) electrons. The van der Waals surface area contributed by atoms with E-state index >= 15 is 0 Å². The molecule has 1 aromatic rings. The Labute approximate surface area is 101 Å². The maximum absolute atomic E-state index is 9.06. The number of methoxy groups -OCH3 is 1. The Hall–Kier alpha value is -1.05. The van der Waals surface area contributed by atoms with E-state index in [1.54, 1.807) is 18.9 Å². The summed E-state index contributed by atoms with van der Waals surface area (Å²) >= 11 is 1.70. The number of thioether (sulfide) groups is 1. The topological polar surface area (TPSA) is 45.9 Å². The molecule has 16 heavy (non-hydrogen) atoms. The molecule has 0 aromatic carbocycles. The van der Waals surface area contributed by atoms with Gasteiger partial charge in [-0.1, -0.05) is 0 Å². The smallest absolute Gasteiger partial charge is 0.102 e. The van der Waals surface area contributed by atoms with E-state index in [9.17, 15) is 0 Å². The first-order chi connectivity index (χ1) is 7.69. The molecule has 0 saturated heterocycles. The van der Waals surface area contributed by atoms with Gasteiger partial charge in [-0.15, -0.1) is 11.8 Å². The van der Waals surface area contributed by atoms with Gasteiger partial charge in [-0.2, -0.15) is 5.26 Å². The first-order valence-corrected chi connectivity index (χ1v) is 6.17. The third kappa shape index (κ3) is 3.51. The van der Waals surface area contributed by atoms with Gasteiger partial charge in [0.2, 0.25) is 0 Å². The van der Waals surface area contributed by atoms with Gasteiger partial charge >= 0.3 is 0 Å². The fraction of sp³-hybridized carbons (Fsp3) is 0.500. The van der Waals surface area contributed by atoms with Crippen LogP contribution in [0.25, 0.3) is 0 Å². The number of ether oxygens (including phenoxy) is 1. The standard InChI is InChI=1S/C12H16N2OS/c1-9-7-12(16-6-4-5-15-3)11(8-13)10(2)14-9/h7H,4-6H2,1-3H3. The molecule has 1 rings (SSSR count). The molecule has 1 aromatic heterocycles. The molecule has 1 heterocycles. The number of aryl methyl sites for hydroxylation is 2. The van der Waals surface area contributed by atoms with Crippen molar-refractivity contribution in [1.29, 1.82) is 5.26 Å². The number of pyridine rings is 1. The Kier molecular flexibility index (Phi) is 5.30. The van der Waals surface area contributed by atoms with Crippen molar-refractivity contribution >= 4 is 11.8 Å². The van der Waals surface area contributed by atoms with Crippen LogP contribution in [0, 0.1) is 25.2 Å². The molecule has 4 heteroatoms. The normalized spacial score (nSPS) is 10.1. The zero-order chi connectivity index (χ0) is 12.0. The molecule has 0 atom stereocenters. The van der Waals surface area contributed by atoms with Gasteiger partial charge < -0.3 is 4.74 Å². The van der Waals surface area contributed by atoms with Crippen LogP contribution in [0.4, 0.5) is 0 Å². The highest BCUT2D eigenvalue weighted by Gasteiger charge is 2.08. The molecule has 86 valence electrons. The van der Waals surface area contributed by atoms with E-state index in [4.69, 9.17) is 10.00 Å². The minimum atomic E-state index is 0.702. The van der Waals surface area contributed by atoms with E-state index in [1.807, 2.05) is 19.9 Å². The molecule has 0 N–H and O–H groups in total. The Balaban J connectivity index is 2.75. The van der Waals surface area contributed by atoms with Gasteiger partial charge in [0.25, 0.3) is 0 Å². The Morgan fingerprint density at radius 3 is 2.88 bits per heavy atom. The highest BCUT2D eigenvalue weighted by Crippen LogP contribution is 2.25. The number of hydrogen-bond donors (Lipinski definition) is 0. The molecule has 0 amide bonds. The quantitative estimate of drug-likeness (QED) is 0.582. The average Bonchev–Trinajstić information content (AvgIpc) is 2.24. The van der Waals surface area contributed by atoms with Crippen molar-refractivity contribution in [3.63, 3.8) is 0 Å². The van der Waals surface area contributed by atoms with E-state index in [1.165, 1.54) is 0 Å². The van der Waals surface area contributed by atoms with Gasteiger partial charge in [-0.25, -0.2) is 0 Å². The van der Waals surface area contributed by atoms with E-state index in [2.05, 4.69) is 11.1 Å². The van der Waals surface area contributed by atoms with Crippen LogP contribution < -0.4 is 0 Å². The number of nitriles is 1. The molecule has 0 fully saturated rings. The summed E-state index contributed by atoms with van der Waals surface area (Å²) in [4.78, 5) is 5.32. The Morgan fingerprint density at radius 1 is 1.50 bits per heavy atom. The monoisotopic (exact) mass is 236 g/mol. The second-order valence-corrected chi connectivity index (χ2v) is 4.67. The largest absolute Gasteiger partial charge is 0.385 e. The maximum atomic E-state index is 9.06. The van der Waals surface area contributed by atoms with Gasteiger partial charge in [0.15, 0.2) is 0 Å². The fourth-order valence-electron chi connectivity index (χ4n) is 1.43. The summed E-state index contributed by atoms with van der Waals surface area (Å²) < 4.78 is 4.99. The summed E-state index contributed by atoms with van der Waals surface area (Å²) in [7, 11) is 1.70. The lowest BCUT2D eigenvalue weighted by molar-refractivity contribution is 0.200. The van der Waals surface area contributed by atoms with Crippen LogP contribution in [0.15, 0.2) is 11.0 Å². The van der Waals surface area contributed by atoms with Gasteiger partial charge in [-0.3, -0.25) is 4.98 Å². The second kappa shape index (κ2) is 6.51. The molecule has 0 bridgehead atoms. The predicted octanol–water partition coefficient (Wildman–Crippen LogP) is 2.70. The third-order valence-corrected chi connectivity index (χ3v) is 3.28. The minimum Gasteiger partial charge on any atom is -0.385 e. The Bertz CT molecular complexity index is 399. The average molecular weight is 236 g/mol. The lowest BCUT2D eigenvalue weighted by Gasteiger charge is -2.07. The third-order valence-electron chi connectivity index (χ3n) is 2.15. The zero-order valence-corrected chi connectivity index (χ0v) is 10.7. The van der Waals surface area contributed by atoms with Crippen molar-refractivity contribution in [2.75, 3.05) is 19.5 Å². The van der Waals surface area contributed by atoms with Gasteiger partial charge in [0.05, 0.1) is 11.3 Å². The van der Waals surface area contributed by atoms with Crippen LogP contribution in [0.5, 0.6) is 0 Å². The molecule has 0 saturated carbocycles. The first kappa shape index (κ1) is 13.0. The molecule has 0 aliphatic heterocycles. The van der Waals surface area contributed by atoms with Crippen molar-refractivity contribution in [3.05, 3.63) is 23.0 Å². The molecular weight excluding hydrogens is 220 g/mol. The van der Waals surface area contributed by atoms with Crippen LogP contribution >= 0.6 is 11.8 Å². The molecule has 0 aliphatic carbocycles. The van der Waals surface area contributed by atoms with Crippen molar-refractivity contribution in [3.8, 4) is 6.07 Å². The predicted molar refractivity (Wildman–Crippen MR) is 65.6 cm³/mol. The summed E-state index contributed by atoms with van der Waals surface area (Å²) in [5.74, 6) is 0.964. The molecular formula is C12H16N2OS. The lowest BCUT2D eigenvalue weighted by Crippen LogP contribution is -1.96. The number of nitrogens with zero attached hydrogens (tertiary/aromatic N) is 2. The number of hydrogen-bond acceptors (Lipinski definition) is 4. The van der Waals surface area contributed by atoms with Gasteiger partial charge in [-0.05, 0) is 26.3 Å². The van der Waals surface area contributed by atoms with Gasteiger partial charge in [0, 0.05) is 30.1 Å². The van der Waals surface area contributed by atoms with E-state index in [0.29, 0.717) is 5.56 Å². The Morgan fingerprint density at radius 2 is 2.25 bits per heavy atom. The van der Waals surface area contributed by atoms with Crippen LogP contribution in [0.2, 0.25) is 0 Å². The van der Waals surface area contributed by atoms with E-state index in [-0.39, 0.29) is 0 Å². The molecule has 0 spiro atoms. The summed E-state index contributed by atoms with van der Waals surface area (Å²) in [6.45, 7) is 4.59. The first-order valence-electron chi connectivity index (χ1n) is 5.19. The highest BCUT2D eigenvalue weighted by molar-refractivity contribution is 7.99. The molecule has 0 aliphatic rings. The van der Waals surface area contributed by atoms with E-state index in [0.717, 1.165) is 35.1 Å². The summed E-state index contributed by atoms with van der Waals surface area (Å²) in [6, 6.07) is 4.19. The van der Waals surface area contributed by atoms with Gasteiger partial charge in [0.1, 0.15) is 6.07 Å². The van der Waals surface area contributed by atoms with Crippen molar-refractivity contribution < 1.29 is 4.74 Å². The fourth-order valence-corrected chi connectivity index (χ4v) is 2.50. The van der Waals surface area contributed by atoms with Crippen LogP contribution in [-0.2, 0) is 4.74 Å². The molecule has 0 unspecified atom stereocenters. The van der Waals surface area contributed by atoms with Crippen molar-refractivity contribution in [2.45, 2.75) is 25.2 Å². The highest BCUT2D eigenvalue weighted by atomic mass is 32.2. The lowest BCUT2D eigenvalue weighted by atomic mass is 10.2. The second-order valence-electron chi connectivity index (χ2n) is 3.53. The number of rotatable bonds is 5. The van der Waals surface area contributed by atoms with Crippen molar-refractivity contribution in [2.24, 2.45) is 0 Å².